The maximum atomic E-state index is 12.0. The van der Waals surface area contributed by atoms with Crippen molar-refractivity contribution >= 4 is 34.8 Å². The molecule has 1 N–H and O–H groups in total. The maximum absolute atomic E-state index is 12.0. The van der Waals surface area contributed by atoms with Crippen molar-refractivity contribution in [3.8, 4) is 0 Å². The van der Waals surface area contributed by atoms with Crippen molar-refractivity contribution in [3.05, 3.63) is 38.9 Å². The van der Waals surface area contributed by atoms with E-state index in [0.717, 1.165) is 19.3 Å². The van der Waals surface area contributed by atoms with E-state index >= 15 is 0 Å². The number of halogens is 2. The van der Waals surface area contributed by atoms with Crippen molar-refractivity contribution in [2.45, 2.75) is 30.7 Å². The molecule has 2 unspecified atom stereocenters. The van der Waals surface area contributed by atoms with Crippen LogP contribution in [0.5, 0.6) is 0 Å². The molecule has 0 aromatic heterocycles. The third kappa shape index (κ3) is 3.36. The lowest BCUT2D eigenvalue weighted by Gasteiger charge is -2.15. The van der Waals surface area contributed by atoms with E-state index in [0.29, 0.717) is 0 Å². The number of benzene rings is 1. The smallest absolute Gasteiger partial charge is 0.271 e. The third-order valence-corrected chi connectivity index (χ3v) is 3.84. The molecule has 5 nitrogen and oxygen atoms in total. The first kappa shape index (κ1) is 14.1. The summed E-state index contributed by atoms with van der Waals surface area (Å²) in [5.41, 5.74) is -0.0264. The monoisotopic (exact) mass is 302 g/mol. The average molecular weight is 303 g/mol. The van der Waals surface area contributed by atoms with Gasteiger partial charge in [-0.15, -0.1) is 11.6 Å². The number of nitro groups is 1. The molecule has 2 rings (SSSR count). The Morgan fingerprint density at radius 2 is 2.11 bits per heavy atom. The number of carbonyl (C=O) groups excluding carboxylic acids is 1. The molecule has 2 atom stereocenters. The second-order valence-corrected chi connectivity index (χ2v) is 5.48. The van der Waals surface area contributed by atoms with Crippen LogP contribution in [-0.4, -0.2) is 22.2 Å². The molecule has 7 heteroatoms. The largest absolute Gasteiger partial charge is 0.348 e. The summed E-state index contributed by atoms with van der Waals surface area (Å²) in [6, 6.07) is 3.73. The van der Waals surface area contributed by atoms with Crippen molar-refractivity contribution in [1.29, 1.82) is 0 Å². The van der Waals surface area contributed by atoms with Crippen molar-refractivity contribution in [2.75, 3.05) is 0 Å². The second kappa shape index (κ2) is 5.75. The Bertz CT molecular complexity index is 522. The Hall–Kier alpha value is -1.33. The van der Waals surface area contributed by atoms with E-state index in [1.165, 1.54) is 18.2 Å². The minimum absolute atomic E-state index is 0.0851. The van der Waals surface area contributed by atoms with Crippen LogP contribution in [-0.2, 0) is 0 Å². The topological polar surface area (TPSA) is 72.2 Å². The van der Waals surface area contributed by atoms with Crippen LogP contribution in [0.2, 0.25) is 5.02 Å². The summed E-state index contributed by atoms with van der Waals surface area (Å²) in [6.07, 6.45) is 2.65. The van der Waals surface area contributed by atoms with Crippen molar-refractivity contribution in [3.63, 3.8) is 0 Å². The van der Waals surface area contributed by atoms with Crippen molar-refractivity contribution < 1.29 is 9.72 Å². The lowest BCUT2D eigenvalue weighted by molar-refractivity contribution is -0.384. The first-order valence-corrected chi connectivity index (χ1v) is 6.69. The molecule has 0 bridgehead atoms. The zero-order chi connectivity index (χ0) is 14.0. The number of nitrogens with one attached hydrogen (secondary N) is 1. The lowest BCUT2D eigenvalue weighted by Crippen LogP contribution is -2.37. The number of hydrogen-bond donors (Lipinski definition) is 1. The van der Waals surface area contributed by atoms with E-state index in [2.05, 4.69) is 5.32 Å². The SMILES string of the molecule is O=C(NC1CCCC1Cl)c1cc(Cl)cc([N+](=O)[O-])c1. The number of carbonyl (C=O) groups is 1. The highest BCUT2D eigenvalue weighted by atomic mass is 35.5. The lowest BCUT2D eigenvalue weighted by atomic mass is 10.1. The van der Waals surface area contributed by atoms with E-state index in [4.69, 9.17) is 23.2 Å². The molecule has 1 aliphatic rings. The fourth-order valence-electron chi connectivity index (χ4n) is 2.14. The van der Waals surface area contributed by atoms with Crippen LogP contribution in [0.3, 0.4) is 0 Å². The van der Waals surface area contributed by atoms with Crippen LogP contribution < -0.4 is 5.32 Å². The van der Waals surface area contributed by atoms with Crippen molar-refractivity contribution in [2.24, 2.45) is 0 Å². The minimum atomic E-state index is -0.581. The Labute approximate surface area is 120 Å². The summed E-state index contributed by atoms with van der Waals surface area (Å²) in [5, 5.41) is 13.6. The average Bonchev–Trinajstić information content (AvgIpc) is 2.74. The van der Waals surface area contributed by atoms with Crippen LogP contribution in [0.4, 0.5) is 5.69 Å². The molecule has 1 aliphatic carbocycles. The zero-order valence-electron chi connectivity index (χ0n) is 9.94. The van der Waals surface area contributed by atoms with Crippen LogP contribution in [0.15, 0.2) is 18.2 Å². The summed E-state index contributed by atoms with van der Waals surface area (Å²) in [7, 11) is 0. The molecule has 1 amide bonds. The molecule has 0 heterocycles. The number of nitrogens with zero attached hydrogens (tertiary/aromatic N) is 1. The Morgan fingerprint density at radius 1 is 1.37 bits per heavy atom. The molecule has 1 aromatic rings. The van der Waals surface area contributed by atoms with E-state index in [1.54, 1.807) is 0 Å². The molecular weight excluding hydrogens is 291 g/mol. The predicted octanol–water partition coefficient (Wildman–Crippen LogP) is 3.14. The molecular formula is C12H12Cl2N2O3. The predicted molar refractivity (Wildman–Crippen MR) is 72.9 cm³/mol. The highest BCUT2D eigenvalue weighted by Crippen LogP contribution is 2.25. The molecule has 0 saturated heterocycles. The van der Waals surface area contributed by atoms with Gasteiger partial charge in [-0.3, -0.25) is 14.9 Å². The van der Waals surface area contributed by atoms with Crippen LogP contribution in [0.25, 0.3) is 0 Å². The number of rotatable bonds is 3. The first-order chi connectivity index (χ1) is 8.97. The third-order valence-electron chi connectivity index (χ3n) is 3.10. The Kier molecular flexibility index (Phi) is 4.27. The van der Waals surface area contributed by atoms with Gasteiger partial charge in [-0.1, -0.05) is 11.6 Å². The van der Waals surface area contributed by atoms with Gasteiger partial charge >= 0.3 is 0 Å². The van der Waals surface area contributed by atoms with Gasteiger partial charge in [-0.2, -0.15) is 0 Å². The summed E-state index contributed by atoms with van der Waals surface area (Å²) >= 11 is 11.8. The number of hydrogen-bond acceptors (Lipinski definition) is 3. The zero-order valence-corrected chi connectivity index (χ0v) is 11.4. The van der Waals surface area contributed by atoms with E-state index in [9.17, 15) is 14.9 Å². The van der Waals surface area contributed by atoms with Gasteiger partial charge < -0.3 is 5.32 Å². The second-order valence-electron chi connectivity index (χ2n) is 4.48. The Balaban J connectivity index is 2.16. The van der Waals surface area contributed by atoms with Gasteiger partial charge in [0.1, 0.15) is 0 Å². The normalized spacial score (nSPS) is 22.2. The highest BCUT2D eigenvalue weighted by molar-refractivity contribution is 6.31. The summed E-state index contributed by atoms with van der Waals surface area (Å²) in [6.45, 7) is 0. The fraction of sp³-hybridized carbons (Fsp3) is 0.417. The first-order valence-electron chi connectivity index (χ1n) is 5.87. The van der Waals surface area contributed by atoms with Gasteiger partial charge in [-0.25, -0.2) is 0 Å². The Morgan fingerprint density at radius 3 is 2.68 bits per heavy atom. The van der Waals surface area contributed by atoms with Crippen molar-refractivity contribution in [1.82, 2.24) is 5.32 Å². The van der Waals surface area contributed by atoms with E-state index < -0.39 is 4.92 Å². The summed E-state index contributed by atoms with van der Waals surface area (Å²) < 4.78 is 0. The van der Waals surface area contributed by atoms with Crippen LogP contribution in [0.1, 0.15) is 29.6 Å². The van der Waals surface area contributed by atoms with Gasteiger partial charge in [0.15, 0.2) is 0 Å². The van der Waals surface area contributed by atoms with Gasteiger partial charge in [0.25, 0.3) is 11.6 Å². The molecule has 1 saturated carbocycles. The van der Waals surface area contributed by atoms with E-state index in [1.807, 2.05) is 0 Å². The van der Waals surface area contributed by atoms with Gasteiger partial charge in [0.05, 0.1) is 10.3 Å². The number of nitro benzene ring substituents is 1. The molecule has 0 radical (unpaired) electrons. The summed E-state index contributed by atoms with van der Waals surface area (Å²) in [5.74, 6) is -0.386. The molecule has 1 aromatic carbocycles. The fourth-order valence-corrected chi connectivity index (χ4v) is 2.71. The van der Waals surface area contributed by atoms with Gasteiger partial charge in [-0.05, 0) is 25.3 Å². The quantitative estimate of drug-likeness (QED) is 0.529. The van der Waals surface area contributed by atoms with Crippen LogP contribution >= 0.6 is 23.2 Å². The molecule has 1 fully saturated rings. The summed E-state index contributed by atoms with van der Waals surface area (Å²) in [4.78, 5) is 22.2. The molecule has 0 spiro atoms. The van der Waals surface area contributed by atoms with Crippen LogP contribution in [0, 0.1) is 10.1 Å². The highest BCUT2D eigenvalue weighted by Gasteiger charge is 2.27. The number of non-ortho nitro benzene ring substituents is 1. The van der Waals surface area contributed by atoms with Gasteiger partial charge in [0, 0.05) is 28.8 Å². The maximum Gasteiger partial charge on any atom is 0.271 e. The number of amides is 1. The van der Waals surface area contributed by atoms with E-state index in [-0.39, 0.29) is 33.6 Å². The minimum Gasteiger partial charge on any atom is -0.348 e. The van der Waals surface area contributed by atoms with Gasteiger partial charge in [0.2, 0.25) is 0 Å². The number of alkyl halides is 1. The molecule has 102 valence electrons. The molecule has 0 aliphatic heterocycles. The standard InChI is InChI=1S/C12H12Cl2N2O3/c13-8-4-7(5-9(6-8)16(18)19)12(17)15-11-3-1-2-10(11)14/h4-6,10-11H,1-3H2,(H,15,17). The molecule has 19 heavy (non-hydrogen) atoms.